The van der Waals surface area contributed by atoms with Crippen molar-refractivity contribution in [2.75, 3.05) is 7.11 Å². The molecule has 2 rings (SSSR count). The fourth-order valence-electron chi connectivity index (χ4n) is 1.62. The minimum Gasteiger partial charge on any atom is -0.453 e. The topological polar surface area (TPSA) is 94.6 Å². The van der Waals surface area contributed by atoms with Gasteiger partial charge in [-0.25, -0.2) is 14.6 Å². The number of amides is 2. The van der Waals surface area contributed by atoms with E-state index in [2.05, 4.69) is 9.72 Å². The zero-order chi connectivity index (χ0) is 16.8. The number of hydrogen-bond acceptors (Lipinski definition) is 7. The number of para-hydroxylation sites is 1. The Labute approximate surface area is 135 Å². The maximum atomic E-state index is 11.7. The van der Waals surface area contributed by atoms with E-state index in [0.717, 1.165) is 17.3 Å². The molecule has 1 N–H and O–H groups in total. The molecular weight excluding hydrogens is 320 g/mol. The molecule has 8 heteroatoms. The summed E-state index contributed by atoms with van der Waals surface area (Å²) < 4.78 is 10.2. The third kappa shape index (κ3) is 4.62. The summed E-state index contributed by atoms with van der Waals surface area (Å²) in [6.45, 7) is 1.35. The van der Waals surface area contributed by atoms with Crippen LogP contribution < -0.4 is 5.32 Å². The number of esters is 1. The van der Waals surface area contributed by atoms with Crippen molar-refractivity contribution in [3.05, 3.63) is 35.3 Å². The summed E-state index contributed by atoms with van der Waals surface area (Å²) in [6, 6.07) is 7.60. The molecule has 0 aliphatic carbocycles. The Morgan fingerprint density at radius 2 is 2.04 bits per heavy atom. The Hall–Kier alpha value is -2.74. The quantitative estimate of drug-likeness (QED) is 0.680. The van der Waals surface area contributed by atoms with E-state index in [9.17, 15) is 14.4 Å². The lowest BCUT2D eigenvalue weighted by Gasteiger charge is -2.10. The van der Waals surface area contributed by atoms with Crippen molar-refractivity contribution in [3.8, 4) is 0 Å². The van der Waals surface area contributed by atoms with Crippen LogP contribution in [0.25, 0.3) is 16.3 Å². The summed E-state index contributed by atoms with van der Waals surface area (Å²) in [4.78, 5) is 38.4. The average molecular weight is 334 g/mol. The molecule has 1 aromatic heterocycles. The molecule has 0 aliphatic rings. The van der Waals surface area contributed by atoms with Crippen molar-refractivity contribution >= 4 is 45.6 Å². The van der Waals surface area contributed by atoms with Crippen LogP contribution in [-0.2, 0) is 19.1 Å². The number of imide groups is 1. The van der Waals surface area contributed by atoms with Crippen molar-refractivity contribution < 1.29 is 23.9 Å². The highest BCUT2D eigenvalue weighted by Crippen LogP contribution is 2.22. The molecular formula is C15H14N2O5S. The molecule has 0 bridgehead atoms. The summed E-state index contributed by atoms with van der Waals surface area (Å²) in [5, 5.41) is 2.56. The lowest BCUT2D eigenvalue weighted by molar-refractivity contribution is -0.149. The number of rotatable bonds is 4. The molecule has 0 unspecified atom stereocenters. The fraction of sp³-hybridized carbons (Fsp3) is 0.200. The zero-order valence-corrected chi connectivity index (χ0v) is 13.3. The predicted molar refractivity (Wildman–Crippen MR) is 84.8 cm³/mol. The monoisotopic (exact) mass is 334 g/mol. The zero-order valence-electron chi connectivity index (χ0n) is 12.4. The van der Waals surface area contributed by atoms with Gasteiger partial charge in [-0.1, -0.05) is 12.1 Å². The van der Waals surface area contributed by atoms with Gasteiger partial charge in [-0.3, -0.25) is 10.1 Å². The maximum absolute atomic E-state index is 11.7. The molecule has 7 nitrogen and oxygen atoms in total. The smallest absolute Gasteiger partial charge is 0.413 e. The first-order chi connectivity index (χ1) is 11.0. The first-order valence-corrected chi connectivity index (χ1v) is 7.44. The number of aromatic nitrogens is 1. The molecule has 1 atom stereocenters. The first-order valence-electron chi connectivity index (χ1n) is 6.62. The van der Waals surface area contributed by atoms with E-state index >= 15 is 0 Å². The highest BCUT2D eigenvalue weighted by Gasteiger charge is 2.19. The van der Waals surface area contributed by atoms with E-state index in [1.807, 2.05) is 29.6 Å². The fourth-order valence-corrected chi connectivity index (χ4v) is 2.49. The third-order valence-electron chi connectivity index (χ3n) is 2.75. The van der Waals surface area contributed by atoms with Crippen LogP contribution >= 0.6 is 11.3 Å². The van der Waals surface area contributed by atoms with Gasteiger partial charge in [-0.15, -0.1) is 11.3 Å². The van der Waals surface area contributed by atoms with Gasteiger partial charge in [-0.2, -0.15) is 0 Å². The number of ether oxygens (including phenoxy) is 2. The van der Waals surface area contributed by atoms with Gasteiger partial charge in [0.05, 0.1) is 17.3 Å². The molecule has 0 aliphatic heterocycles. The van der Waals surface area contributed by atoms with Crippen LogP contribution in [0, 0.1) is 0 Å². The Morgan fingerprint density at radius 1 is 1.30 bits per heavy atom. The van der Waals surface area contributed by atoms with E-state index in [-0.39, 0.29) is 0 Å². The first kappa shape index (κ1) is 16.6. The second-order valence-electron chi connectivity index (χ2n) is 4.41. The SMILES string of the molecule is COC(=O)NC(=O)[C@H](C)OC(=O)/C=C/c1nc2ccccc2s1. The van der Waals surface area contributed by atoms with Gasteiger partial charge >= 0.3 is 12.1 Å². The second-order valence-corrected chi connectivity index (χ2v) is 5.48. The number of carbonyl (C=O) groups is 3. The number of nitrogens with zero attached hydrogens (tertiary/aromatic N) is 1. The van der Waals surface area contributed by atoms with Gasteiger partial charge in [0.15, 0.2) is 6.10 Å². The van der Waals surface area contributed by atoms with Crippen LogP contribution in [0.2, 0.25) is 0 Å². The summed E-state index contributed by atoms with van der Waals surface area (Å²) in [5.41, 5.74) is 0.844. The molecule has 2 aromatic rings. The molecule has 1 heterocycles. The van der Waals surface area contributed by atoms with Crippen LogP contribution in [0.3, 0.4) is 0 Å². The Bertz CT molecular complexity index is 735. The van der Waals surface area contributed by atoms with Crippen LogP contribution in [-0.4, -0.2) is 36.2 Å². The van der Waals surface area contributed by atoms with Crippen molar-refractivity contribution in [3.63, 3.8) is 0 Å². The second kappa shape index (κ2) is 7.50. The van der Waals surface area contributed by atoms with Crippen molar-refractivity contribution in [2.24, 2.45) is 0 Å². The number of alkyl carbamates (subject to hydrolysis) is 1. The van der Waals surface area contributed by atoms with Gasteiger partial charge in [0.2, 0.25) is 0 Å². The van der Waals surface area contributed by atoms with Crippen molar-refractivity contribution in [2.45, 2.75) is 13.0 Å². The number of methoxy groups -OCH3 is 1. The van der Waals surface area contributed by atoms with E-state index < -0.39 is 24.1 Å². The summed E-state index contributed by atoms with van der Waals surface area (Å²) in [5.74, 6) is -1.48. The summed E-state index contributed by atoms with van der Waals surface area (Å²) in [6.07, 6.45) is 0.655. The molecule has 0 spiro atoms. The number of hydrogen-bond donors (Lipinski definition) is 1. The van der Waals surface area contributed by atoms with E-state index in [0.29, 0.717) is 5.01 Å². The minimum absolute atomic E-state index is 0.648. The van der Waals surface area contributed by atoms with E-state index in [1.54, 1.807) is 0 Å². The Morgan fingerprint density at radius 3 is 2.74 bits per heavy atom. The molecule has 0 fully saturated rings. The van der Waals surface area contributed by atoms with Crippen molar-refractivity contribution in [1.29, 1.82) is 0 Å². The van der Waals surface area contributed by atoms with Gasteiger partial charge in [0.25, 0.3) is 5.91 Å². The standard InChI is InChI=1S/C15H14N2O5S/c1-9(14(19)17-15(20)21-2)22-13(18)8-7-12-16-10-5-3-4-6-11(10)23-12/h3-9H,1-2H3,(H,17,19,20)/b8-7+/t9-/m0/s1. The third-order valence-corrected chi connectivity index (χ3v) is 3.75. The average Bonchev–Trinajstić information content (AvgIpc) is 2.95. The number of nitrogens with one attached hydrogen (secondary N) is 1. The number of fused-ring (bicyclic) bond motifs is 1. The maximum Gasteiger partial charge on any atom is 0.413 e. The van der Waals surface area contributed by atoms with E-state index in [4.69, 9.17) is 4.74 Å². The predicted octanol–water partition coefficient (Wildman–Crippen LogP) is 2.12. The normalized spacial score (nSPS) is 12.1. The Kier molecular flexibility index (Phi) is 5.42. The van der Waals surface area contributed by atoms with Crippen LogP contribution in [0.1, 0.15) is 11.9 Å². The minimum atomic E-state index is -1.12. The van der Waals surface area contributed by atoms with Gasteiger partial charge in [-0.05, 0) is 25.1 Å². The van der Waals surface area contributed by atoms with E-state index in [1.165, 1.54) is 30.4 Å². The molecule has 2 amide bonds. The largest absolute Gasteiger partial charge is 0.453 e. The van der Waals surface area contributed by atoms with Gasteiger partial charge in [0.1, 0.15) is 5.01 Å². The Balaban J connectivity index is 1.93. The molecule has 1 aromatic carbocycles. The molecule has 23 heavy (non-hydrogen) atoms. The molecule has 0 saturated carbocycles. The number of thiazole rings is 1. The molecule has 0 saturated heterocycles. The number of carbonyl (C=O) groups excluding carboxylic acids is 3. The lowest BCUT2D eigenvalue weighted by Crippen LogP contribution is -2.39. The lowest BCUT2D eigenvalue weighted by atomic mass is 10.3. The summed E-state index contributed by atoms with van der Waals surface area (Å²) in [7, 11) is 1.13. The summed E-state index contributed by atoms with van der Waals surface area (Å²) >= 11 is 1.43. The molecule has 0 radical (unpaired) electrons. The van der Waals surface area contributed by atoms with Gasteiger partial charge in [0, 0.05) is 6.08 Å². The van der Waals surface area contributed by atoms with Crippen molar-refractivity contribution in [1.82, 2.24) is 10.3 Å². The van der Waals surface area contributed by atoms with Gasteiger partial charge < -0.3 is 9.47 Å². The molecule has 120 valence electrons. The van der Waals surface area contributed by atoms with Crippen LogP contribution in [0.5, 0.6) is 0 Å². The highest BCUT2D eigenvalue weighted by atomic mass is 32.1. The van der Waals surface area contributed by atoms with Crippen LogP contribution in [0.15, 0.2) is 30.3 Å². The highest BCUT2D eigenvalue weighted by molar-refractivity contribution is 7.19. The van der Waals surface area contributed by atoms with Crippen LogP contribution in [0.4, 0.5) is 4.79 Å². The number of benzene rings is 1.